The zero-order valence-electron chi connectivity index (χ0n) is 24.0. The number of ether oxygens (including phenoxy) is 5. The van der Waals surface area contributed by atoms with Gasteiger partial charge in [-0.05, 0) is 60.4 Å². The van der Waals surface area contributed by atoms with E-state index < -0.39 is 6.04 Å². The lowest BCUT2D eigenvalue weighted by molar-refractivity contribution is -0.142. The van der Waals surface area contributed by atoms with Gasteiger partial charge in [0.05, 0.1) is 25.8 Å². The van der Waals surface area contributed by atoms with Crippen molar-refractivity contribution in [3.05, 3.63) is 71.8 Å². The summed E-state index contributed by atoms with van der Waals surface area (Å²) in [4.78, 5) is 29.9. The molecule has 43 heavy (non-hydrogen) atoms. The minimum absolute atomic E-state index is 0.0745. The topological polar surface area (TPSA) is 126 Å². The van der Waals surface area contributed by atoms with E-state index in [9.17, 15) is 9.59 Å². The van der Waals surface area contributed by atoms with Gasteiger partial charge in [-0.1, -0.05) is 29.5 Å². The van der Waals surface area contributed by atoms with Crippen molar-refractivity contribution < 1.29 is 33.3 Å². The van der Waals surface area contributed by atoms with Crippen LogP contribution in [0.5, 0.6) is 23.0 Å². The van der Waals surface area contributed by atoms with Crippen molar-refractivity contribution in [1.29, 1.82) is 0 Å². The van der Waals surface area contributed by atoms with Crippen molar-refractivity contribution in [2.24, 2.45) is 0 Å². The van der Waals surface area contributed by atoms with Gasteiger partial charge in [0, 0.05) is 19.7 Å². The van der Waals surface area contributed by atoms with Gasteiger partial charge in [0.15, 0.2) is 23.0 Å². The Morgan fingerprint density at radius 2 is 1.88 bits per heavy atom. The lowest BCUT2D eigenvalue weighted by Gasteiger charge is -2.32. The number of rotatable bonds is 11. The number of nitrogens with one attached hydrogen (secondary N) is 1. The predicted molar refractivity (Wildman–Crippen MR) is 155 cm³/mol. The minimum atomic E-state index is -1.02. The monoisotopic (exact) mass is 587 g/mol. The van der Waals surface area contributed by atoms with Crippen LogP contribution < -0.4 is 24.3 Å². The fourth-order valence-corrected chi connectivity index (χ4v) is 5.42. The molecular weight excluding hydrogens is 554 g/mol. The van der Waals surface area contributed by atoms with Crippen molar-refractivity contribution in [3.63, 3.8) is 0 Å². The Labute approximate surface area is 248 Å². The van der Waals surface area contributed by atoms with Crippen LogP contribution in [0.4, 0.5) is 0 Å². The maximum atomic E-state index is 14.3. The van der Waals surface area contributed by atoms with Crippen LogP contribution in [0.25, 0.3) is 11.0 Å². The number of fused-ring (bicyclic) bond motifs is 2. The third-order valence-electron chi connectivity index (χ3n) is 7.63. The van der Waals surface area contributed by atoms with Crippen molar-refractivity contribution >= 4 is 22.8 Å². The van der Waals surface area contributed by atoms with E-state index >= 15 is 0 Å². The number of carbonyl (C=O) groups is 2. The number of para-hydroxylation sites is 1. The van der Waals surface area contributed by atoms with Crippen LogP contribution >= 0.6 is 0 Å². The molecule has 2 amide bonds. The normalized spacial score (nSPS) is 16.2. The van der Waals surface area contributed by atoms with Gasteiger partial charge in [-0.2, -0.15) is 0 Å². The zero-order chi connectivity index (χ0) is 29.8. The van der Waals surface area contributed by atoms with Crippen LogP contribution in [0.1, 0.15) is 30.0 Å². The fraction of sp³-hybridized carbons (Fsp3) is 0.355. The molecule has 12 heteroatoms. The molecule has 12 nitrogen and oxygen atoms in total. The minimum Gasteiger partial charge on any atom is -0.493 e. The van der Waals surface area contributed by atoms with Crippen LogP contribution in [0.3, 0.4) is 0 Å². The van der Waals surface area contributed by atoms with Gasteiger partial charge in [-0.15, -0.1) is 5.10 Å². The Hall–Kier alpha value is -4.84. The summed E-state index contributed by atoms with van der Waals surface area (Å²) in [5.41, 5.74) is 2.70. The Bertz CT molecular complexity index is 1620. The van der Waals surface area contributed by atoms with Crippen LogP contribution in [0.2, 0.25) is 0 Å². The summed E-state index contributed by atoms with van der Waals surface area (Å²) < 4.78 is 29.3. The van der Waals surface area contributed by atoms with Gasteiger partial charge in [-0.25, -0.2) is 4.68 Å². The Kier molecular flexibility index (Phi) is 8.27. The fourth-order valence-electron chi connectivity index (χ4n) is 5.42. The highest BCUT2D eigenvalue weighted by Gasteiger charge is 2.34. The van der Waals surface area contributed by atoms with Gasteiger partial charge >= 0.3 is 0 Å². The first-order valence-electron chi connectivity index (χ1n) is 14.1. The average molecular weight is 588 g/mol. The van der Waals surface area contributed by atoms with Crippen LogP contribution in [-0.4, -0.2) is 72.0 Å². The maximum absolute atomic E-state index is 14.3. The smallest absolute Gasteiger partial charge is 0.247 e. The maximum Gasteiger partial charge on any atom is 0.247 e. The van der Waals surface area contributed by atoms with E-state index in [4.69, 9.17) is 23.7 Å². The molecule has 4 aromatic rings. The second-order valence-electron chi connectivity index (χ2n) is 10.3. The van der Waals surface area contributed by atoms with E-state index in [1.54, 1.807) is 41.0 Å². The highest BCUT2D eigenvalue weighted by Crippen LogP contribution is 2.36. The number of amides is 2. The number of carbonyl (C=O) groups excluding carboxylic acids is 2. The summed E-state index contributed by atoms with van der Waals surface area (Å²) >= 11 is 0. The standard InChI is InChI=1S/C31H33N5O7/c1-39-25-12-10-21(15-27(25)40-2)30(31(38)32-16-22-6-5-13-41-22)35(17-20-9-11-26-28(14-20)43-19-42-26)29(37)18-36-24-8-4-3-7-23(24)33-34-36/h3-4,7-12,14-15,22,30H,5-6,13,16-19H2,1-2H3,(H,32,38)/t22-,30+/m0/s1. The summed E-state index contributed by atoms with van der Waals surface area (Å²) in [7, 11) is 3.07. The molecule has 2 atom stereocenters. The molecule has 0 aliphatic carbocycles. The number of aromatic nitrogens is 3. The highest BCUT2D eigenvalue weighted by molar-refractivity contribution is 5.89. The second kappa shape index (κ2) is 12.6. The van der Waals surface area contributed by atoms with E-state index in [1.807, 2.05) is 36.4 Å². The molecule has 3 aromatic carbocycles. The van der Waals surface area contributed by atoms with Crippen molar-refractivity contribution in [1.82, 2.24) is 25.2 Å². The Morgan fingerprint density at radius 3 is 2.70 bits per heavy atom. The van der Waals surface area contributed by atoms with E-state index in [0.29, 0.717) is 52.7 Å². The van der Waals surface area contributed by atoms with Crippen molar-refractivity contribution in [2.75, 3.05) is 34.2 Å². The molecule has 6 rings (SSSR count). The average Bonchev–Trinajstić information content (AvgIpc) is 3.81. The number of benzene rings is 3. The summed E-state index contributed by atoms with van der Waals surface area (Å²) in [6.07, 6.45) is 1.73. The van der Waals surface area contributed by atoms with Gasteiger partial charge in [-0.3, -0.25) is 9.59 Å². The molecule has 0 radical (unpaired) electrons. The van der Waals surface area contributed by atoms with Crippen molar-refractivity contribution in [3.8, 4) is 23.0 Å². The van der Waals surface area contributed by atoms with Crippen LogP contribution in [-0.2, 0) is 27.4 Å². The predicted octanol–water partition coefficient (Wildman–Crippen LogP) is 3.24. The lowest BCUT2D eigenvalue weighted by atomic mass is 10.0. The van der Waals surface area contributed by atoms with E-state index in [1.165, 1.54) is 7.11 Å². The third-order valence-corrected chi connectivity index (χ3v) is 7.63. The quantitative estimate of drug-likeness (QED) is 0.281. The first kappa shape index (κ1) is 28.3. The van der Waals surface area contributed by atoms with Crippen LogP contribution in [0.15, 0.2) is 60.7 Å². The van der Waals surface area contributed by atoms with Crippen molar-refractivity contribution in [2.45, 2.75) is 38.1 Å². The molecule has 2 aliphatic rings. The van der Waals surface area contributed by atoms with E-state index in [-0.39, 0.29) is 37.8 Å². The number of hydrogen-bond acceptors (Lipinski definition) is 9. The number of nitrogens with zero attached hydrogens (tertiary/aromatic N) is 4. The third kappa shape index (κ3) is 6.05. The molecule has 0 spiro atoms. The van der Waals surface area contributed by atoms with Crippen LogP contribution in [0, 0.1) is 0 Å². The molecular formula is C31H33N5O7. The number of hydrogen-bond donors (Lipinski definition) is 1. The molecule has 1 N–H and O–H groups in total. The summed E-state index contributed by atoms with van der Waals surface area (Å²) in [6, 6.07) is 17.1. The number of methoxy groups -OCH3 is 2. The Balaban J connectivity index is 1.39. The first-order valence-corrected chi connectivity index (χ1v) is 14.1. The second-order valence-corrected chi connectivity index (χ2v) is 10.3. The van der Waals surface area contributed by atoms with Gasteiger partial charge in [0.1, 0.15) is 18.1 Å². The molecule has 3 heterocycles. The summed E-state index contributed by atoms with van der Waals surface area (Å²) in [6.45, 7) is 1.10. The molecule has 224 valence electrons. The molecule has 1 saturated heterocycles. The summed E-state index contributed by atoms with van der Waals surface area (Å²) in [5.74, 6) is 1.47. The molecule has 1 aromatic heterocycles. The SMILES string of the molecule is COc1ccc([C@H](C(=O)NC[C@@H]2CCCO2)N(Cc2ccc3c(c2)OCO3)C(=O)Cn2nnc3ccccc32)cc1OC. The molecule has 0 saturated carbocycles. The van der Waals surface area contributed by atoms with Gasteiger partial charge in [0.25, 0.3) is 0 Å². The van der Waals surface area contributed by atoms with E-state index in [2.05, 4.69) is 15.6 Å². The highest BCUT2D eigenvalue weighted by atomic mass is 16.7. The zero-order valence-corrected chi connectivity index (χ0v) is 24.0. The lowest BCUT2D eigenvalue weighted by Crippen LogP contribution is -2.46. The first-order chi connectivity index (χ1) is 21.0. The van der Waals surface area contributed by atoms with Gasteiger partial charge in [0.2, 0.25) is 18.6 Å². The molecule has 2 aliphatic heterocycles. The van der Waals surface area contributed by atoms with Gasteiger partial charge < -0.3 is 33.9 Å². The largest absolute Gasteiger partial charge is 0.493 e. The molecule has 1 fully saturated rings. The Morgan fingerprint density at radius 1 is 1.05 bits per heavy atom. The molecule has 0 unspecified atom stereocenters. The molecule has 0 bridgehead atoms. The van der Waals surface area contributed by atoms with E-state index in [0.717, 1.165) is 18.4 Å². The summed E-state index contributed by atoms with van der Waals surface area (Å²) in [5, 5.41) is 11.4.